The zero-order valence-corrected chi connectivity index (χ0v) is 19.3. The minimum Gasteiger partial charge on any atom is -0.332 e. The molecule has 0 unspecified atom stereocenters. The molecule has 1 aliphatic carbocycles. The van der Waals surface area contributed by atoms with Crippen molar-refractivity contribution in [1.29, 1.82) is 0 Å². The van der Waals surface area contributed by atoms with E-state index in [1.165, 1.54) is 15.9 Å². The first-order chi connectivity index (χ1) is 15.8. The third-order valence-corrected chi connectivity index (χ3v) is 6.58. The molecule has 1 heterocycles. The van der Waals surface area contributed by atoms with E-state index in [1.807, 2.05) is 32.0 Å². The van der Waals surface area contributed by atoms with Crippen molar-refractivity contribution in [3.05, 3.63) is 64.2 Å². The first-order valence-corrected chi connectivity index (χ1v) is 11.4. The Morgan fingerprint density at radius 3 is 2.27 bits per heavy atom. The normalized spacial score (nSPS) is 16.0. The van der Waals surface area contributed by atoms with Crippen LogP contribution in [0.2, 0.25) is 0 Å². The highest BCUT2D eigenvalue weighted by Crippen LogP contribution is 2.31. The largest absolute Gasteiger partial charge is 0.332 e. The first-order valence-electron chi connectivity index (χ1n) is 11.4. The highest BCUT2D eigenvalue weighted by molar-refractivity contribution is 6.22. The summed E-state index contributed by atoms with van der Waals surface area (Å²) in [5.74, 6) is -1.29. The molecular weight excluding hydrogens is 418 g/mol. The monoisotopic (exact) mass is 447 g/mol. The maximum Gasteiger partial charge on any atom is 0.261 e. The smallest absolute Gasteiger partial charge is 0.261 e. The van der Waals surface area contributed by atoms with Crippen molar-refractivity contribution in [3.63, 3.8) is 0 Å². The second-order valence-electron chi connectivity index (χ2n) is 9.01. The van der Waals surface area contributed by atoms with Crippen LogP contribution in [0, 0.1) is 13.8 Å². The lowest BCUT2D eigenvalue weighted by Gasteiger charge is -2.29. The summed E-state index contributed by atoms with van der Waals surface area (Å²) in [6, 6.07) is 10.3. The van der Waals surface area contributed by atoms with Gasteiger partial charge in [0, 0.05) is 24.3 Å². The maximum absolute atomic E-state index is 13.0. The van der Waals surface area contributed by atoms with Gasteiger partial charge in [-0.1, -0.05) is 37.5 Å². The molecule has 172 valence electrons. The predicted molar refractivity (Wildman–Crippen MR) is 125 cm³/mol. The molecule has 0 saturated heterocycles. The Morgan fingerprint density at radius 2 is 1.61 bits per heavy atom. The molecule has 0 aromatic heterocycles. The standard InChI is InChI=1S/C26H29N3O4/c1-16-8-7-9-17(2)23(16)27-22(30)15-28(3)24(31)18-12-13-20-21(14-18)26(33)29(25(20)32)19-10-5-4-6-11-19/h7-9,12-14,19H,4-6,10-11,15H2,1-3H3,(H,27,30). The van der Waals surface area contributed by atoms with E-state index in [1.54, 1.807) is 19.2 Å². The van der Waals surface area contributed by atoms with Crippen LogP contribution in [0.1, 0.15) is 74.3 Å². The van der Waals surface area contributed by atoms with Crippen molar-refractivity contribution in [2.45, 2.75) is 52.0 Å². The lowest BCUT2D eigenvalue weighted by Crippen LogP contribution is -2.40. The van der Waals surface area contributed by atoms with Gasteiger partial charge in [0.1, 0.15) is 0 Å². The number of amides is 4. The number of nitrogens with one attached hydrogen (secondary N) is 1. The van der Waals surface area contributed by atoms with E-state index in [4.69, 9.17) is 0 Å². The average molecular weight is 448 g/mol. The predicted octanol–water partition coefficient (Wildman–Crippen LogP) is 3.94. The van der Waals surface area contributed by atoms with E-state index in [9.17, 15) is 19.2 Å². The zero-order valence-electron chi connectivity index (χ0n) is 19.3. The van der Waals surface area contributed by atoms with E-state index in [0.717, 1.165) is 48.9 Å². The molecular formula is C26H29N3O4. The molecule has 2 aromatic carbocycles. The number of para-hydroxylation sites is 1. The summed E-state index contributed by atoms with van der Waals surface area (Å²) in [6.07, 6.45) is 4.81. The molecule has 7 heteroatoms. The van der Waals surface area contributed by atoms with Crippen molar-refractivity contribution in [2.75, 3.05) is 18.9 Å². The van der Waals surface area contributed by atoms with Gasteiger partial charge in [0.25, 0.3) is 17.7 Å². The molecule has 2 aromatic rings. The minimum absolute atomic E-state index is 0.0680. The Kier molecular flexibility index (Phi) is 6.31. The minimum atomic E-state index is -0.383. The number of benzene rings is 2. The highest BCUT2D eigenvalue weighted by atomic mass is 16.2. The third-order valence-electron chi connectivity index (χ3n) is 6.58. The van der Waals surface area contributed by atoms with Gasteiger partial charge in [0.15, 0.2) is 0 Å². The molecule has 1 N–H and O–H groups in total. The lowest BCUT2D eigenvalue weighted by molar-refractivity contribution is -0.116. The molecule has 0 bridgehead atoms. The number of anilines is 1. The summed E-state index contributed by atoms with van der Waals surface area (Å²) >= 11 is 0. The van der Waals surface area contributed by atoms with E-state index >= 15 is 0 Å². The van der Waals surface area contributed by atoms with Gasteiger partial charge in [-0.15, -0.1) is 0 Å². The molecule has 4 rings (SSSR count). The zero-order chi connectivity index (χ0) is 23.7. The Labute approximate surface area is 193 Å². The molecule has 0 radical (unpaired) electrons. The van der Waals surface area contributed by atoms with E-state index < -0.39 is 0 Å². The van der Waals surface area contributed by atoms with Crippen LogP contribution in [0.25, 0.3) is 0 Å². The van der Waals surface area contributed by atoms with Crippen molar-refractivity contribution >= 4 is 29.3 Å². The molecule has 7 nitrogen and oxygen atoms in total. The number of imide groups is 1. The first kappa shape index (κ1) is 22.7. The van der Waals surface area contributed by atoms with Gasteiger partial charge in [-0.05, 0) is 56.0 Å². The summed E-state index contributed by atoms with van der Waals surface area (Å²) in [4.78, 5) is 54.1. The Balaban J connectivity index is 1.46. The number of hydrogen-bond acceptors (Lipinski definition) is 4. The number of carbonyl (C=O) groups is 4. The number of hydrogen-bond donors (Lipinski definition) is 1. The number of carbonyl (C=O) groups excluding carboxylic acids is 4. The molecule has 2 aliphatic rings. The van der Waals surface area contributed by atoms with Crippen LogP contribution < -0.4 is 5.32 Å². The van der Waals surface area contributed by atoms with Crippen molar-refractivity contribution in [1.82, 2.24) is 9.80 Å². The summed E-state index contributed by atoms with van der Waals surface area (Å²) in [5, 5.41) is 2.87. The maximum atomic E-state index is 13.0. The molecule has 1 aliphatic heterocycles. The number of fused-ring (bicyclic) bond motifs is 1. The summed E-state index contributed by atoms with van der Waals surface area (Å²) in [7, 11) is 1.54. The van der Waals surface area contributed by atoms with E-state index in [-0.39, 0.29) is 47.3 Å². The van der Waals surface area contributed by atoms with Crippen LogP contribution in [0.15, 0.2) is 36.4 Å². The number of nitrogens with zero attached hydrogens (tertiary/aromatic N) is 2. The van der Waals surface area contributed by atoms with Crippen molar-refractivity contribution in [3.8, 4) is 0 Å². The molecule has 33 heavy (non-hydrogen) atoms. The van der Waals surface area contributed by atoms with Gasteiger partial charge in [-0.25, -0.2) is 0 Å². The quantitative estimate of drug-likeness (QED) is 0.704. The van der Waals surface area contributed by atoms with Crippen LogP contribution in [0.3, 0.4) is 0 Å². The topological polar surface area (TPSA) is 86.8 Å². The van der Waals surface area contributed by atoms with Gasteiger partial charge in [-0.2, -0.15) is 0 Å². The second kappa shape index (κ2) is 9.17. The fourth-order valence-corrected chi connectivity index (χ4v) is 4.76. The number of rotatable bonds is 5. The van der Waals surface area contributed by atoms with Crippen molar-refractivity contribution in [2.24, 2.45) is 0 Å². The van der Waals surface area contributed by atoms with Crippen LogP contribution in [-0.2, 0) is 4.79 Å². The van der Waals surface area contributed by atoms with E-state index in [0.29, 0.717) is 5.56 Å². The highest BCUT2D eigenvalue weighted by Gasteiger charge is 2.40. The second-order valence-corrected chi connectivity index (χ2v) is 9.01. The number of aryl methyl sites for hydroxylation is 2. The Hall–Kier alpha value is -3.48. The number of likely N-dealkylation sites (N-methyl/N-ethyl adjacent to an activating group) is 1. The molecule has 0 spiro atoms. The lowest BCUT2D eigenvalue weighted by atomic mass is 9.94. The summed E-state index contributed by atoms with van der Waals surface area (Å²) in [6.45, 7) is 3.69. The Bertz CT molecular complexity index is 1110. The summed E-state index contributed by atoms with van der Waals surface area (Å²) in [5.41, 5.74) is 3.53. The summed E-state index contributed by atoms with van der Waals surface area (Å²) < 4.78 is 0. The van der Waals surface area contributed by atoms with Crippen LogP contribution in [-0.4, -0.2) is 53.1 Å². The van der Waals surface area contributed by atoms with Crippen LogP contribution >= 0.6 is 0 Å². The fourth-order valence-electron chi connectivity index (χ4n) is 4.76. The van der Waals surface area contributed by atoms with Crippen LogP contribution in [0.5, 0.6) is 0 Å². The van der Waals surface area contributed by atoms with Crippen molar-refractivity contribution < 1.29 is 19.2 Å². The third kappa shape index (κ3) is 4.40. The molecule has 0 atom stereocenters. The van der Waals surface area contributed by atoms with Gasteiger partial charge >= 0.3 is 0 Å². The van der Waals surface area contributed by atoms with Gasteiger partial charge in [0.2, 0.25) is 5.91 Å². The molecule has 1 fully saturated rings. The molecule has 1 saturated carbocycles. The SMILES string of the molecule is Cc1cccc(C)c1NC(=O)CN(C)C(=O)c1ccc2c(c1)C(=O)N(C1CCCCC1)C2=O. The molecule has 4 amide bonds. The fraction of sp³-hybridized carbons (Fsp3) is 0.385. The van der Waals surface area contributed by atoms with Gasteiger partial charge in [-0.3, -0.25) is 24.1 Å². The Morgan fingerprint density at radius 1 is 0.970 bits per heavy atom. The van der Waals surface area contributed by atoms with Gasteiger partial charge in [0.05, 0.1) is 17.7 Å². The van der Waals surface area contributed by atoms with Crippen LogP contribution in [0.4, 0.5) is 5.69 Å². The van der Waals surface area contributed by atoms with E-state index in [2.05, 4.69) is 5.32 Å². The van der Waals surface area contributed by atoms with Gasteiger partial charge < -0.3 is 10.2 Å². The average Bonchev–Trinajstić information content (AvgIpc) is 3.05.